The van der Waals surface area contributed by atoms with Crippen LogP contribution in [0.5, 0.6) is 17.2 Å². The summed E-state index contributed by atoms with van der Waals surface area (Å²) in [7, 11) is 1.68. The number of carbonyl (C=O) groups is 1. The number of nitrogens with one attached hydrogen (secondary N) is 1. The monoisotopic (exact) mass is 398 g/mol. The van der Waals surface area contributed by atoms with Crippen molar-refractivity contribution in [2.24, 2.45) is 0 Å². The molecule has 1 atom stereocenters. The molecule has 1 amide bonds. The first-order valence-electron chi connectivity index (χ1n) is 10.2. The summed E-state index contributed by atoms with van der Waals surface area (Å²) in [5.74, 6) is 1.91. The lowest BCUT2D eigenvalue weighted by atomic mass is 10.0. The Labute approximate surface area is 172 Å². The molecule has 0 spiro atoms. The molecule has 1 aliphatic rings. The third-order valence-electron chi connectivity index (χ3n) is 5.08. The highest BCUT2D eigenvalue weighted by Gasteiger charge is 2.26. The molecule has 0 bridgehead atoms. The van der Waals surface area contributed by atoms with Crippen LogP contribution in [-0.2, 0) is 4.79 Å². The summed E-state index contributed by atoms with van der Waals surface area (Å²) < 4.78 is 16.8. The van der Waals surface area contributed by atoms with Crippen LogP contribution in [0.4, 0.5) is 0 Å². The molecule has 6 heteroatoms. The molecule has 29 heavy (non-hydrogen) atoms. The summed E-state index contributed by atoms with van der Waals surface area (Å²) in [6, 6.07) is 15.5. The summed E-state index contributed by atoms with van der Waals surface area (Å²) in [6.07, 6.45) is 2.35. The quantitative estimate of drug-likeness (QED) is 0.664. The van der Waals surface area contributed by atoms with Gasteiger partial charge in [-0.25, -0.2) is 0 Å². The van der Waals surface area contributed by atoms with Gasteiger partial charge in [0.1, 0.15) is 5.75 Å². The van der Waals surface area contributed by atoms with Gasteiger partial charge in [-0.1, -0.05) is 30.3 Å². The fraction of sp³-hybridized carbons (Fsp3) is 0.435. The van der Waals surface area contributed by atoms with Crippen LogP contribution in [0.1, 0.15) is 31.4 Å². The number of ether oxygens (including phenoxy) is 3. The highest BCUT2D eigenvalue weighted by Crippen LogP contribution is 2.31. The second kappa shape index (κ2) is 10.7. The van der Waals surface area contributed by atoms with E-state index in [4.69, 9.17) is 14.2 Å². The van der Waals surface area contributed by atoms with Crippen LogP contribution >= 0.6 is 0 Å². The van der Waals surface area contributed by atoms with E-state index < -0.39 is 0 Å². The number of hydrogen-bond acceptors (Lipinski definition) is 5. The molecule has 1 aliphatic heterocycles. The van der Waals surface area contributed by atoms with Crippen LogP contribution in [0, 0.1) is 0 Å². The van der Waals surface area contributed by atoms with Crippen LogP contribution in [-0.4, -0.2) is 50.8 Å². The van der Waals surface area contributed by atoms with Crippen LogP contribution in [0.2, 0.25) is 0 Å². The van der Waals surface area contributed by atoms with Crippen molar-refractivity contribution in [3.63, 3.8) is 0 Å². The maximum Gasteiger partial charge on any atom is 0.258 e. The van der Waals surface area contributed by atoms with Crippen LogP contribution in [0.25, 0.3) is 0 Å². The third-order valence-corrected chi connectivity index (χ3v) is 5.08. The lowest BCUT2D eigenvalue weighted by Gasteiger charge is -2.29. The van der Waals surface area contributed by atoms with Crippen molar-refractivity contribution in [3.8, 4) is 17.2 Å². The van der Waals surface area contributed by atoms with Crippen LogP contribution < -0.4 is 19.5 Å². The number of amides is 1. The fourth-order valence-electron chi connectivity index (χ4n) is 3.68. The van der Waals surface area contributed by atoms with Crippen molar-refractivity contribution in [3.05, 3.63) is 54.1 Å². The largest absolute Gasteiger partial charge is 0.496 e. The molecule has 156 valence electrons. The number of para-hydroxylation sites is 3. The molecule has 0 radical (unpaired) electrons. The highest BCUT2D eigenvalue weighted by molar-refractivity contribution is 5.77. The Balaban J connectivity index is 1.61. The molecule has 1 heterocycles. The number of hydrogen-bond donors (Lipinski definition) is 1. The Kier molecular flexibility index (Phi) is 7.76. The van der Waals surface area contributed by atoms with Gasteiger partial charge in [-0.15, -0.1) is 0 Å². The van der Waals surface area contributed by atoms with Crippen LogP contribution in [0.3, 0.4) is 0 Å². The standard InChI is InChI=1S/C23H30N2O4/c1-3-28-21-12-6-7-13-22(21)29-17-23(26)24-16-19(25-14-8-9-15-25)18-10-4-5-11-20(18)27-2/h4-7,10-13,19H,3,8-9,14-17H2,1-2H3,(H,24,26). The summed E-state index contributed by atoms with van der Waals surface area (Å²) in [5.41, 5.74) is 1.10. The maximum atomic E-state index is 12.5. The normalized spacial score (nSPS) is 15.0. The number of methoxy groups -OCH3 is 1. The summed E-state index contributed by atoms with van der Waals surface area (Å²) in [4.78, 5) is 14.9. The SMILES string of the molecule is CCOc1ccccc1OCC(=O)NCC(c1ccccc1OC)N1CCCC1. The Morgan fingerprint density at radius 1 is 1.00 bits per heavy atom. The summed E-state index contributed by atoms with van der Waals surface area (Å²) in [6.45, 7) is 4.97. The van der Waals surface area contributed by atoms with Gasteiger partial charge in [0, 0.05) is 12.1 Å². The Morgan fingerprint density at radius 2 is 1.62 bits per heavy atom. The fourth-order valence-corrected chi connectivity index (χ4v) is 3.68. The molecule has 2 aromatic carbocycles. The molecule has 0 aliphatic carbocycles. The van der Waals surface area contributed by atoms with Gasteiger partial charge in [-0.2, -0.15) is 0 Å². The van der Waals surface area contributed by atoms with Gasteiger partial charge in [0.2, 0.25) is 0 Å². The van der Waals surface area contributed by atoms with Gasteiger partial charge in [0.25, 0.3) is 5.91 Å². The van der Waals surface area contributed by atoms with Crippen molar-refractivity contribution in [2.45, 2.75) is 25.8 Å². The average molecular weight is 399 g/mol. The predicted molar refractivity (Wildman–Crippen MR) is 113 cm³/mol. The average Bonchev–Trinajstić information content (AvgIpc) is 3.28. The molecule has 1 saturated heterocycles. The minimum Gasteiger partial charge on any atom is -0.496 e. The minimum atomic E-state index is -0.157. The smallest absolute Gasteiger partial charge is 0.258 e. The number of carbonyl (C=O) groups excluding carboxylic acids is 1. The van der Waals surface area contributed by atoms with E-state index in [1.165, 1.54) is 12.8 Å². The van der Waals surface area contributed by atoms with Gasteiger partial charge in [0.05, 0.1) is 19.8 Å². The zero-order valence-corrected chi connectivity index (χ0v) is 17.2. The lowest BCUT2D eigenvalue weighted by Crippen LogP contribution is -2.38. The second-order valence-electron chi connectivity index (χ2n) is 6.97. The number of likely N-dealkylation sites (tertiary alicyclic amines) is 1. The molecule has 2 aromatic rings. The molecule has 6 nitrogen and oxygen atoms in total. The topological polar surface area (TPSA) is 60.0 Å². The first-order valence-corrected chi connectivity index (χ1v) is 10.2. The Morgan fingerprint density at radius 3 is 2.28 bits per heavy atom. The summed E-state index contributed by atoms with van der Waals surface area (Å²) in [5, 5.41) is 3.03. The van der Waals surface area contributed by atoms with Crippen molar-refractivity contribution in [1.29, 1.82) is 0 Å². The van der Waals surface area contributed by atoms with Crippen molar-refractivity contribution >= 4 is 5.91 Å². The van der Waals surface area contributed by atoms with Gasteiger partial charge in [-0.05, 0) is 51.1 Å². The summed E-state index contributed by atoms with van der Waals surface area (Å²) >= 11 is 0. The third kappa shape index (κ3) is 5.64. The lowest BCUT2D eigenvalue weighted by molar-refractivity contribution is -0.123. The zero-order chi connectivity index (χ0) is 20.5. The van der Waals surface area contributed by atoms with Crippen molar-refractivity contribution in [1.82, 2.24) is 10.2 Å². The Bertz CT molecular complexity index is 790. The number of rotatable bonds is 10. The van der Waals surface area contributed by atoms with Gasteiger partial charge >= 0.3 is 0 Å². The number of nitrogens with zero attached hydrogens (tertiary/aromatic N) is 1. The van der Waals surface area contributed by atoms with E-state index in [0.29, 0.717) is 24.7 Å². The van der Waals surface area contributed by atoms with Gasteiger partial charge in [0.15, 0.2) is 18.1 Å². The molecule has 1 fully saturated rings. The van der Waals surface area contributed by atoms with E-state index in [0.717, 1.165) is 24.4 Å². The highest BCUT2D eigenvalue weighted by atomic mass is 16.5. The molecular formula is C23H30N2O4. The first-order chi connectivity index (χ1) is 14.2. The van der Waals surface area contributed by atoms with Gasteiger partial charge < -0.3 is 19.5 Å². The molecule has 0 aromatic heterocycles. The molecule has 1 unspecified atom stereocenters. The maximum absolute atomic E-state index is 12.5. The zero-order valence-electron chi connectivity index (χ0n) is 17.2. The van der Waals surface area contributed by atoms with E-state index in [-0.39, 0.29) is 18.6 Å². The van der Waals surface area contributed by atoms with E-state index >= 15 is 0 Å². The second-order valence-corrected chi connectivity index (χ2v) is 6.97. The molecule has 0 saturated carbocycles. The van der Waals surface area contributed by atoms with Crippen molar-refractivity contribution in [2.75, 3.05) is 40.0 Å². The molecule has 3 rings (SSSR count). The van der Waals surface area contributed by atoms with E-state index in [9.17, 15) is 4.79 Å². The van der Waals surface area contributed by atoms with E-state index in [1.807, 2.05) is 43.3 Å². The van der Waals surface area contributed by atoms with Crippen LogP contribution in [0.15, 0.2) is 48.5 Å². The first kappa shape index (κ1) is 21.0. The van der Waals surface area contributed by atoms with E-state index in [2.05, 4.69) is 16.3 Å². The Hall–Kier alpha value is -2.73. The predicted octanol–water partition coefficient (Wildman–Crippen LogP) is 3.43. The van der Waals surface area contributed by atoms with E-state index in [1.54, 1.807) is 13.2 Å². The minimum absolute atomic E-state index is 0.0528. The molecular weight excluding hydrogens is 368 g/mol. The molecule has 1 N–H and O–H groups in total. The number of benzene rings is 2. The van der Waals surface area contributed by atoms with Crippen molar-refractivity contribution < 1.29 is 19.0 Å². The van der Waals surface area contributed by atoms with Gasteiger partial charge in [-0.3, -0.25) is 9.69 Å².